The molecule has 0 saturated heterocycles. The van der Waals surface area contributed by atoms with Gasteiger partial charge in [-0.2, -0.15) is 0 Å². The average Bonchev–Trinajstić information content (AvgIpc) is 2.90. The molecule has 7 nitrogen and oxygen atoms in total. The molecule has 0 atom stereocenters. The second kappa shape index (κ2) is 8.99. The molecular formula is C21H27N3O4. The third-order valence-corrected chi connectivity index (χ3v) is 5.33. The highest BCUT2D eigenvalue weighted by Gasteiger charge is 2.35. The average molecular weight is 385 g/mol. The van der Waals surface area contributed by atoms with Crippen molar-refractivity contribution in [3.8, 4) is 0 Å². The molecular weight excluding hydrogens is 358 g/mol. The molecule has 2 N–H and O–H groups in total. The van der Waals surface area contributed by atoms with Crippen LogP contribution in [0, 0.1) is 6.92 Å². The molecule has 1 aromatic rings. The first-order valence-electron chi connectivity index (χ1n) is 9.98. The van der Waals surface area contributed by atoms with Gasteiger partial charge in [0.05, 0.1) is 11.1 Å². The molecule has 150 valence electrons. The van der Waals surface area contributed by atoms with Crippen LogP contribution in [-0.2, 0) is 9.59 Å². The molecule has 0 spiro atoms. The summed E-state index contributed by atoms with van der Waals surface area (Å²) in [5, 5.41) is 5.69. The molecule has 3 rings (SSSR count). The minimum absolute atomic E-state index is 0.0225. The standard InChI is InChI=1S/C21H27N3O4/c1-14-7-8-16-17(13-14)21(28)24(20(16)27)12-10-18(25)22-11-9-19(26)23-15-5-3-2-4-6-15/h7-8,13,15H,2-6,9-12H2,1H3,(H,22,25)(H,23,26). The van der Waals surface area contributed by atoms with Gasteiger partial charge in [-0.05, 0) is 31.9 Å². The highest BCUT2D eigenvalue weighted by molar-refractivity contribution is 6.21. The van der Waals surface area contributed by atoms with E-state index in [-0.39, 0.29) is 55.6 Å². The van der Waals surface area contributed by atoms with Crippen molar-refractivity contribution in [1.29, 1.82) is 0 Å². The van der Waals surface area contributed by atoms with Gasteiger partial charge in [0.25, 0.3) is 11.8 Å². The lowest BCUT2D eigenvalue weighted by atomic mass is 9.95. The molecule has 28 heavy (non-hydrogen) atoms. The number of rotatable bonds is 7. The zero-order valence-corrected chi connectivity index (χ0v) is 16.3. The quantitative estimate of drug-likeness (QED) is 0.701. The topological polar surface area (TPSA) is 95.6 Å². The Bertz CT molecular complexity index is 784. The van der Waals surface area contributed by atoms with Crippen LogP contribution in [0.1, 0.15) is 71.2 Å². The normalized spacial score (nSPS) is 16.8. The maximum absolute atomic E-state index is 12.4. The molecule has 1 aliphatic carbocycles. The van der Waals surface area contributed by atoms with Gasteiger partial charge in [0.15, 0.2) is 0 Å². The van der Waals surface area contributed by atoms with E-state index >= 15 is 0 Å². The Morgan fingerprint density at radius 2 is 1.71 bits per heavy atom. The van der Waals surface area contributed by atoms with Crippen molar-refractivity contribution in [1.82, 2.24) is 15.5 Å². The zero-order valence-electron chi connectivity index (χ0n) is 16.3. The predicted molar refractivity (Wildman–Crippen MR) is 104 cm³/mol. The maximum atomic E-state index is 12.4. The van der Waals surface area contributed by atoms with Crippen molar-refractivity contribution >= 4 is 23.6 Å². The molecule has 0 bridgehead atoms. The Morgan fingerprint density at radius 1 is 1.00 bits per heavy atom. The van der Waals surface area contributed by atoms with Crippen molar-refractivity contribution in [3.63, 3.8) is 0 Å². The van der Waals surface area contributed by atoms with E-state index in [1.807, 2.05) is 6.92 Å². The van der Waals surface area contributed by atoms with Crippen LogP contribution in [0.4, 0.5) is 0 Å². The Hall–Kier alpha value is -2.70. The number of nitrogens with one attached hydrogen (secondary N) is 2. The zero-order chi connectivity index (χ0) is 20.1. The third kappa shape index (κ3) is 4.77. The van der Waals surface area contributed by atoms with E-state index < -0.39 is 0 Å². The SMILES string of the molecule is Cc1ccc2c(c1)C(=O)N(CCC(=O)NCCC(=O)NC1CCCCC1)C2=O. The molecule has 0 radical (unpaired) electrons. The summed E-state index contributed by atoms with van der Waals surface area (Å²) in [6.07, 6.45) is 5.84. The van der Waals surface area contributed by atoms with Crippen molar-refractivity contribution < 1.29 is 19.2 Å². The highest BCUT2D eigenvalue weighted by Crippen LogP contribution is 2.24. The van der Waals surface area contributed by atoms with E-state index in [4.69, 9.17) is 0 Å². The number of aryl methyl sites for hydroxylation is 1. The Kier molecular flexibility index (Phi) is 6.44. The van der Waals surface area contributed by atoms with Gasteiger partial charge in [-0.25, -0.2) is 0 Å². The van der Waals surface area contributed by atoms with Crippen LogP contribution in [-0.4, -0.2) is 47.7 Å². The summed E-state index contributed by atoms with van der Waals surface area (Å²) in [6.45, 7) is 2.14. The number of hydrogen-bond acceptors (Lipinski definition) is 4. The van der Waals surface area contributed by atoms with Crippen LogP contribution in [0.5, 0.6) is 0 Å². The summed E-state index contributed by atoms with van der Waals surface area (Å²) >= 11 is 0. The Morgan fingerprint density at radius 3 is 2.46 bits per heavy atom. The van der Waals surface area contributed by atoms with Gasteiger partial charge in [0.2, 0.25) is 11.8 Å². The molecule has 1 saturated carbocycles. The number of carbonyl (C=O) groups is 4. The summed E-state index contributed by atoms with van der Waals surface area (Å²) in [5.74, 6) is -1.05. The van der Waals surface area contributed by atoms with E-state index in [0.29, 0.717) is 11.1 Å². The van der Waals surface area contributed by atoms with Gasteiger partial charge in [-0.3, -0.25) is 24.1 Å². The van der Waals surface area contributed by atoms with E-state index in [9.17, 15) is 19.2 Å². The minimum atomic E-state index is -0.361. The van der Waals surface area contributed by atoms with Gasteiger partial charge < -0.3 is 10.6 Å². The molecule has 7 heteroatoms. The van der Waals surface area contributed by atoms with Crippen LogP contribution in [0.15, 0.2) is 18.2 Å². The number of imide groups is 1. The van der Waals surface area contributed by atoms with Gasteiger partial charge in [-0.1, -0.05) is 30.9 Å². The number of carbonyl (C=O) groups excluding carboxylic acids is 4. The fourth-order valence-electron chi connectivity index (χ4n) is 3.77. The lowest BCUT2D eigenvalue weighted by Gasteiger charge is -2.22. The van der Waals surface area contributed by atoms with Gasteiger partial charge in [0, 0.05) is 32.0 Å². The van der Waals surface area contributed by atoms with Crippen molar-refractivity contribution in [2.24, 2.45) is 0 Å². The number of amides is 4. The molecule has 1 aliphatic heterocycles. The lowest BCUT2D eigenvalue weighted by molar-refractivity contribution is -0.122. The number of benzene rings is 1. The molecule has 0 unspecified atom stereocenters. The summed E-state index contributed by atoms with van der Waals surface area (Å²) in [7, 11) is 0. The van der Waals surface area contributed by atoms with Crippen molar-refractivity contribution in [2.75, 3.05) is 13.1 Å². The summed E-state index contributed by atoms with van der Waals surface area (Å²) in [5.41, 5.74) is 1.69. The molecule has 1 aromatic carbocycles. The van der Waals surface area contributed by atoms with Crippen LogP contribution in [0.2, 0.25) is 0 Å². The van der Waals surface area contributed by atoms with E-state index in [0.717, 1.165) is 36.1 Å². The van der Waals surface area contributed by atoms with Gasteiger partial charge in [0.1, 0.15) is 0 Å². The fourth-order valence-corrected chi connectivity index (χ4v) is 3.77. The van der Waals surface area contributed by atoms with Crippen LogP contribution in [0.25, 0.3) is 0 Å². The molecule has 0 aromatic heterocycles. The van der Waals surface area contributed by atoms with Crippen LogP contribution < -0.4 is 10.6 Å². The summed E-state index contributed by atoms with van der Waals surface area (Å²) in [6, 6.07) is 5.39. The smallest absolute Gasteiger partial charge is 0.261 e. The number of nitrogens with zero attached hydrogens (tertiary/aromatic N) is 1. The molecule has 4 amide bonds. The highest BCUT2D eigenvalue weighted by atomic mass is 16.2. The van der Waals surface area contributed by atoms with Gasteiger partial charge in [-0.15, -0.1) is 0 Å². The first-order chi connectivity index (χ1) is 13.5. The first-order valence-corrected chi connectivity index (χ1v) is 9.98. The van der Waals surface area contributed by atoms with Crippen LogP contribution in [0.3, 0.4) is 0 Å². The van der Waals surface area contributed by atoms with Crippen molar-refractivity contribution in [3.05, 3.63) is 34.9 Å². The largest absolute Gasteiger partial charge is 0.356 e. The molecule has 1 fully saturated rings. The van der Waals surface area contributed by atoms with Crippen LogP contribution >= 0.6 is 0 Å². The lowest BCUT2D eigenvalue weighted by Crippen LogP contribution is -2.39. The monoisotopic (exact) mass is 385 g/mol. The number of fused-ring (bicyclic) bond motifs is 1. The Balaban J connectivity index is 1.38. The van der Waals surface area contributed by atoms with E-state index in [1.54, 1.807) is 18.2 Å². The maximum Gasteiger partial charge on any atom is 0.261 e. The predicted octanol–water partition coefficient (Wildman–Crippen LogP) is 1.94. The second-order valence-corrected chi connectivity index (χ2v) is 7.56. The first kappa shape index (κ1) is 20.0. The van der Waals surface area contributed by atoms with E-state index in [2.05, 4.69) is 10.6 Å². The van der Waals surface area contributed by atoms with E-state index in [1.165, 1.54) is 6.42 Å². The summed E-state index contributed by atoms with van der Waals surface area (Å²) < 4.78 is 0. The fraction of sp³-hybridized carbons (Fsp3) is 0.524. The molecule has 2 aliphatic rings. The Labute approximate surface area is 164 Å². The number of hydrogen-bond donors (Lipinski definition) is 2. The van der Waals surface area contributed by atoms with Crippen molar-refractivity contribution in [2.45, 2.75) is 57.9 Å². The third-order valence-electron chi connectivity index (χ3n) is 5.33. The summed E-state index contributed by atoms with van der Waals surface area (Å²) in [4.78, 5) is 49.8. The van der Waals surface area contributed by atoms with Gasteiger partial charge >= 0.3 is 0 Å². The minimum Gasteiger partial charge on any atom is -0.356 e. The second-order valence-electron chi connectivity index (χ2n) is 7.56. The molecule has 1 heterocycles.